The van der Waals surface area contributed by atoms with Gasteiger partial charge in [0.2, 0.25) is 11.8 Å². The second kappa shape index (κ2) is 6.15. The molecule has 0 heterocycles. The first-order valence-corrected chi connectivity index (χ1v) is 4.14. The summed E-state index contributed by atoms with van der Waals surface area (Å²) in [5.74, 6) is -0.390. The van der Waals surface area contributed by atoms with Gasteiger partial charge in [0, 0.05) is 29.0 Å². The Morgan fingerprint density at radius 1 is 1.27 bits per heavy atom. The van der Waals surface area contributed by atoms with Crippen LogP contribution >= 0.6 is 16.1 Å². The highest BCUT2D eigenvalue weighted by Crippen LogP contribution is 1.98. The molecule has 2 amide bonds. The highest BCUT2D eigenvalue weighted by Gasteiger charge is 1.99. The molecule has 0 aromatic carbocycles. The minimum Gasteiger partial charge on any atom is -0.370 e. The maximum atomic E-state index is 10.6. The third-order valence-electron chi connectivity index (χ3n) is 1.18. The summed E-state index contributed by atoms with van der Waals surface area (Å²) < 4.78 is 2.31. The van der Waals surface area contributed by atoms with Gasteiger partial charge in [0.05, 0.1) is 0 Å². The summed E-state index contributed by atoms with van der Waals surface area (Å²) in [7, 11) is 0. The number of hydrogen-bond acceptors (Lipinski definition) is 2. The molecule has 4 nitrogen and oxygen atoms in total. The van der Waals surface area contributed by atoms with Gasteiger partial charge in [-0.3, -0.25) is 13.9 Å². The van der Waals surface area contributed by atoms with Gasteiger partial charge in [-0.05, 0) is 12.8 Å². The van der Waals surface area contributed by atoms with Crippen LogP contribution in [0.3, 0.4) is 0 Å². The first-order chi connectivity index (χ1) is 5.16. The largest absolute Gasteiger partial charge is 0.370 e. The number of carbonyl (C=O) groups is 2. The number of hydrogen-bond donors (Lipinski definition) is 2. The smallest absolute Gasteiger partial charge is 0.229 e. The van der Waals surface area contributed by atoms with E-state index in [-0.39, 0.29) is 11.8 Å². The van der Waals surface area contributed by atoms with E-state index in [1.807, 2.05) is 0 Å². The summed E-state index contributed by atoms with van der Waals surface area (Å²) in [6, 6.07) is 0. The Bertz CT molecular complexity index is 150. The molecule has 0 aromatic heterocycles. The molecule has 0 saturated carbocycles. The minimum atomic E-state index is -0.316. The lowest BCUT2D eigenvalue weighted by atomic mass is 10.2. The molecule has 0 fully saturated rings. The van der Waals surface area contributed by atoms with Gasteiger partial charge < -0.3 is 5.73 Å². The molecule has 0 bridgehead atoms. The van der Waals surface area contributed by atoms with Gasteiger partial charge in [-0.1, -0.05) is 0 Å². The van der Waals surface area contributed by atoms with Crippen LogP contribution in [0.25, 0.3) is 0 Å². The number of carbonyl (C=O) groups excluding carboxylic acids is 2. The molecule has 64 valence electrons. The lowest BCUT2D eigenvalue weighted by molar-refractivity contribution is -0.120. The summed E-state index contributed by atoms with van der Waals surface area (Å²) >= 11 is 2.80. The number of unbranched alkanes of at least 4 members (excludes halogenated alkanes) is 1. The predicted octanol–water partition coefficient (Wildman–Crippen LogP) is 0.458. The van der Waals surface area contributed by atoms with Crippen LogP contribution in [0.1, 0.15) is 25.7 Å². The Morgan fingerprint density at radius 3 is 2.27 bits per heavy atom. The van der Waals surface area contributed by atoms with E-state index in [0.717, 1.165) is 0 Å². The van der Waals surface area contributed by atoms with Crippen molar-refractivity contribution in [3.63, 3.8) is 0 Å². The van der Waals surface area contributed by atoms with Crippen molar-refractivity contribution >= 4 is 28.0 Å². The molecule has 0 spiro atoms. The number of nitrogens with one attached hydrogen (secondary N) is 1. The van der Waals surface area contributed by atoms with Gasteiger partial charge in [-0.15, -0.1) is 0 Å². The monoisotopic (exact) mass is 222 g/mol. The van der Waals surface area contributed by atoms with E-state index >= 15 is 0 Å². The van der Waals surface area contributed by atoms with Crippen molar-refractivity contribution in [1.29, 1.82) is 0 Å². The third-order valence-corrected chi connectivity index (χ3v) is 1.62. The SMILES string of the molecule is NC(=O)CCCCC(=O)NBr. The summed E-state index contributed by atoms with van der Waals surface area (Å²) in [4.78, 5) is 20.8. The van der Waals surface area contributed by atoms with Gasteiger partial charge in [0.15, 0.2) is 0 Å². The molecule has 0 aromatic rings. The summed E-state index contributed by atoms with van der Waals surface area (Å²) in [5.41, 5.74) is 4.89. The summed E-state index contributed by atoms with van der Waals surface area (Å²) in [6.45, 7) is 0. The van der Waals surface area contributed by atoms with E-state index in [4.69, 9.17) is 5.73 Å². The molecule has 0 aliphatic carbocycles. The fourth-order valence-corrected chi connectivity index (χ4v) is 0.830. The van der Waals surface area contributed by atoms with E-state index in [9.17, 15) is 9.59 Å². The van der Waals surface area contributed by atoms with E-state index in [1.165, 1.54) is 0 Å². The Kier molecular flexibility index (Phi) is 5.83. The highest BCUT2D eigenvalue weighted by atomic mass is 79.9. The standard InChI is InChI=1S/C6H11BrN2O2/c7-9-6(11)4-2-1-3-5(8)10/h1-4H2,(H2,8,10)(H,9,11). The molecule has 0 saturated heterocycles. The van der Waals surface area contributed by atoms with Gasteiger partial charge in [0.1, 0.15) is 0 Å². The molecule has 3 N–H and O–H groups in total. The van der Waals surface area contributed by atoms with Crippen LogP contribution in [0.15, 0.2) is 0 Å². The fraction of sp³-hybridized carbons (Fsp3) is 0.667. The van der Waals surface area contributed by atoms with Crippen molar-refractivity contribution in [2.24, 2.45) is 5.73 Å². The molecule has 0 aliphatic heterocycles. The number of halogens is 1. The molecule has 5 heteroatoms. The summed E-state index contributed by atoms with van der Waals surface area (Å²) in [6.07, 6.45) is 2.16. The zero-order valence-electron chi connectivity index (χ0n) is 6.10. The van der Waals surface area contributed by atoms with E-state index in [1.54, 1.807) is 0 Å². The maximum absolute atomic E-state index is 10.6. The van der Waals surface area contributed by atoms with Crippen LogP contribution in [0.2, 0.25) is 0 Å². The van der Waals surface area contributed by atoms with Crippen LogP contribution in [0.5, 0.6) is 0 Å². The molecule has 0 unspecified atom stereocenters. The lowest BCUT2D eigenvalue weighted by Gasteiger charge is -1.96. The number of rotatable bonds is 5. The van der Waals surface area contributed by atoms with Crippen molar-refractivity contribution < 1.29 is 9.59 Å². The zero-order valence-corrected chi connectivity index (χ0v) is 7.69. The van der Waals surface area contributed by atoms with Gasteiger partial charge in [0.25, 0.3) is 0 Å². The quantitative estimate of drug-likeness (QED) is 0.524. The average molecular weight is 223 g/mol. The van der Waals surface area contributed by atoms with Crippen LogP contribution in [0, 0.1) is 0 Å². The minimum absolute atomic E-state index is 0.0746. The Balaban J connectivity index is 3.14. The molecule has 0 atom stereocenters. The van der Waals surface area contributed by atoms with Gasteiger partial charge in [-0.2, -0.15) is 0 Å². The first-order valence-electron chi connectivity index (χ1n) is 3.34. The molecule has 0 rings (SSSR count). The molecule has 0 aliphatic rings. The van der Waals surface area contributed by atoms with Gasteiger partial charge >= 0.3 is 0 Å². The van der Waals surface area contributed by atoms with Crippen LogP contribution < -0.4 is 10.1 Å². The molecule has 0 radical (unpaired) electrons. The molecular weight excluding hydrogens is 212 g/mol. The Labute approximate surface area is 73.9 Å². The molecule has 11 heavy (non-hydrogen) atoms. The highest BCUT2D eigenvalue weighted by molar-refractivity contribution is 9.08. The molecular formula is C6H11BrN2O2. The maximum Gasteiger partial charge on any atom is 0.229 e. The van der Waals surface area contributed by atoms with Gasteiger partial charge in [-0.25, -0.2) is 0 Å². The van der Waals surface area contributed by atoms with Crippen LogP contribution in [-0.4, -0.2) is 11.8 Å². The second-order valence-corrected chi connectivity index (χ2v) is 2.59. The Hall–Kier alpha value is -0.580. The Morgan fingerprint density at radius 2 is 1.82 bits per heavy atom. The fourth-order valence-electron chi connectivity index (χ4n) is 0.632. The number of nitrogens with two attached hydrogens (primary N) is 1. The number of amides is 2. The first kappa shape index (κ1) is 10.4. The second-order valence-electron chi connectivity index (χ2n) is 2.19. The van der Waals surface area contributed by atoms with Crippen molar-refractivity contribution in [3.05, 3.63) is 0 Å². The normalized spacial score (nSPS) is 9.18. The van der Waals surface area contributed by atoms with Crippen LogP contribution in [0.4, 0.5) is 0 Å². The summed E-state index contributed by atoms with van der Waals surface area (Å²) in [5, 5.41) is 0. The van der Waals surface area contributed by atoms with E-state index in [0.29, 0.717) is 25.7 Å². The average Bonchev–Trinajstić information content (AvgIpc) is 1.97. The van der Waals surface area contributed by atoms with Crippen molar-refractivity contribution in [2.45, 2.75) is 25.7 Å². The zero-order chi connectivity index (χ0) is 8.69. The number of primary amides is 1. The van der Waals surface area contributed by atoms with Crippen molar-refractivity contribution in [1.82, 2.24) is 4.34 Å². The predicted molar refractivity (Wildman–Crippen MR) is 44.7 cm³/mol. The van der Waals surface area contributed by atoms with Crippen molar-refractivity contribution in [3.8, 4) is 0 Å². The van der Waals surface area contributed by atoms with Crippen LogP contribution in [-0.2, 0) is 9.59 Å². The van der Waals surface area contributed by atoms with E-state index in [2.05, 4.69) is 20.5 Å². The topological polar surface area (TPSA) is 72.2 Å². The lowest BCUT2D eigenvalue weighted by Crippen LogP contribution is -2.12. The third kappa shape index (κ3) is 7.32. The van der Waals surface area contributed by atoms with E-state index < -0.39 is 0 Å². The van der Waals surface area contributed by atoms with Crippen molar-refractivity contribution in [2.75, 3.05) is 0 Å².